The van der Waals surface area contributed by atoms with Gasteiger partial charge in [-0.15, -0.1) is 0 Å². The van der Waals surface area contributed by atoms with Crippen molar-refractivity contribution in [2.75, 3.05) is 35.6 Å². The van der Waals surface area contributed by atoms with Crippen LogP contribution in [0.4, 0.5) is 32.7 Å². The smallest absolute Gasteiger partial charge is 0.407 e. The lowest BCUT2D eigenvalue weighted by Crippen LogP contribution is -2.31. The molecule has 0 atom stereocenters. The summed E-state index contributed by atoms with van der Waals surface area (Å²) in [6.45, 7) is 3.22. The predicted molar refractivity (Wildman–Crippen MR) is 138 cm³/mol. The quantitative estimate of drug-likeness (QED) is 0.208. The Kier molecular flexibility index (Phi) is 9.83. The first-order chi connectivity index (χ1) is 17.5. The van der Waals surface area contributed by atoms with Crippen LogP contribution in [0.15, 0.2) is 60.8 Å². The van der Waals surface area contributed by atoms with E-state index in [0.717, 1.165) is 5.56 Å². The van der Waals surface area contributed by atoms with Crippen molar-refractivity contribution in [1.82, 2.24) is 20.2 Å². The van der Waals surface area contributed by atoms with Crippen LogP contribution in [0.5, 0.6) is 0 Å². The first kappa shape index (κ1) is 26.2. The molecule has 36 heavy (non-hydrogen) atoms. The monoisotopic (exact) mass is 493 g/mol. The standard InChI is InChI=1S/C25H31N7O4/c1-2-26-24(34)30-21-11-6-10-20(14-21)29-23-28-15-19(17-33)22(31-23)27-12-7-13-32(25(35)36)16-18-8-4-3-5-9-18/h3-6,8-11,14-15,33H,2,7,12-13,16-17H2,1H3,(H,35,36)(H2,26,30,34)(H2,27,28,29,31). The summed E-state index contributed by atoms with van der Waals surface area (Å²) in [5.41, 5.74) is 2.72. The van der Waals surface area contributed by atoms with Gasteiger partial charge in [0.15, 0.2) is 0 Å². The summed E-state index contributed by atoms with van der Waals surface area (Å²) in [5.74, 6) is 0.762. The van der Waals surface area contributed by atoms with Crippen molar-refractivity contribution in [1.29, 1.82) is 0 Å². The molecule has 0 bridgehead atoms. The molecule has 1 aromatic heterocycles. The molecule has 0 spiro atoms. The highest BCUT2D eigenvalue weighted by Gasteiger charge is 2.13. The highest BCUT2D eigenvalue weighted by atomic mass is 16.4. The lowest BCUT2D eigenvalue weighted by molar-refractivity contribution is 0.142. The number of carbonyl (C=O) groups is 2. The van der Waals surface area contributed by atoms with Gasteiger partial charge in [0.25, 0.3) is 0 Å². The summed E-state index contributed by atoms with van der Waals surface area (Å²) < 4.78 is 0. The summed E-state index contributed by atoms with van der Waals surface area (Å²) in [6, 6.07) is 16.2. The summed E-state index contributed by atoms with van der Waals surface area (Å²) >= 11 is 0. The largest absolute Gasteiger partial charge is 0.465 e. The Bertz CT molecular complexity index is 1140. The van der Waals surface area contributed by atoms with Gasteiger partial charge in [0.05, 0.1) is 6.61 Å². The number of anilines is 4. The molecule has 6 N–H and O–H groups in total. The molecule has 190 valence electrons. The third kappa shape index (κ3) is 8.13. The van der Waals surface area contributed by atoms with Crippen molar-refractivity contribution >= 4 is 35.3 Å². The maximum atomic E-state index is 11.8. The van der Waals surface area contributed by atoms with E-state index >= 15 is 0 Å². The first-order valence-corrected chi connectivity index (χ1v) is 11.6. The minimum absolute atomic E-state index is 0.246. The molecule has 0 fully saturated rings. The zero-order valence-electron chi connectivity index (χ0n) is 20.1. The SMILES string of the molecule is CCNC(=O)Nc1cccc(Nc2ncc(CO)c(NCCCN(Cc3ccccc3)C(=O)O)n2)c1. The fourth-order valence-electron chi connectivity index (χ4n) is 3.40. The Labute approximate surface area is 209 Å². The van der Waals surface area contributed by atoms with Crippen molar-refractivity contribution in [3.05, 3.63) is 71.9 Å². The Hall–Kier alpha value is -4.38. The number of hydrogen-bond acceptors (Lipinski definition) is 7. The topological polar surface area (TPSA) is 152 Å². The molecule has 3 amide bonds. The number of carboxylic acid groups (broad SMARTS) is 1. The second-order valence-electron chi connectivity index (χ2n) is 7.89. The van der Waals surface area contributed by atoms with Gasteiger partial charge in [-0.1, -0.05) is 36.4 Å². The minimum atomic E-state index is -0.979. The van der Waals surface area contributed by atoms with Crippen LogP contribution in [-0.2, 0) is 13.2 Å². The fourth-order valence-corrected chi connectivity index (χ4v) is 3.40. The van der Waals surface area contributed by atoms with Crippen LogP contribution in [0.1, 0.15) is 24.5 Å². The van der Waals surface area contributed by atoms with Crippen LogP contribution < -0.4 is 21.3 Å². The summed E-state index contributed by atoms with van der Waals surface area (Å²) in [6.07, 6.45) is 1.09. The molecule has 3 rings (SSSR count). The molecule has 0 radical (unpaired) electrons. The number of aromatic nitrogens is 2. The number of urea groups is 1. The van der Waals surface area contributed by atoms with Gasteiger partial charge in [0, 0.05) is 49.3 Å². The molecule has 3 aromatic rings. The summed E-state index contributed by atoms with van der Waals surface area (Å²) in [5, 5.41) is 30.9. The van der Waals surface area contributed by atoms with Crippen LogP contribution in [0.3, 0.4) is 0 Å². The highest BCUT2D eigenvalue weighted by Crippen LogP contribution is 2.20. The Balaban J connectivity index is 1.58. The molecule has 0 aliphatic carbocycles. The molecular formula is C25H31N7O4. The van der Waals surface area contributed by atoms with Crippen LogP contribution in [0, 0.1) is 0 Å². The lowest BCUT2D eigenvalue weighted by Gasteiger charge is -2.19. The second kappa shape index (κ2) is 13.5. The van der Waals surface area contributed by atoms with Gasteiger partial charge in [-0.3, -0.25) is 0 Å². The third-order valence-corrected chi connectivity index (χ3v) is 5.13. The first-order valence-electron chi connectivity index (χ1n) is 11.6. The molecule has 11 nitrogen and oxygen atoms in total. The third-order valence-electron chi connectivity index (χ3n) is 5.13. The van der Waals surface area contributed by atoms with Crippen molar-refractivity contribution in [3.8, 4) is 0 Å². The van der Waals surface area contributed by atoms with Gasteiger partial charge in [0.2, 0.25) is 5.95 Å². The molecule has 1 heterocycles. The van der Waals surface area contributed by atoms with Crippen molar-refractivity contribution in [2.24, 2.45) is 0 Å². The molecule has 2 aromatic carbocycles. The van der Waals surface area contributed by atoms with Gasteiger partial charge >= 0.3 is 12.1 Å². The fraction of sp³-hybridized carbons (Fsp3) is 0.280. The number of nitrogens with zero attached hydrogens (tertiary/aromatic N) is 3. The number of aliphatic hydroxyl groups is 1. The zero-order chi connectivity index (χ0) is 25.8. The summed E-state index contributed by atoms with van der Waals surface area (Å²) in [4.78, 5) is 33.4. The number of carbonyl (C=O) groups excluding carboxylic acids is 1. The van der Waals surface area contributed by atoms with E-state index in [9.17, 15) is 19.8 Å². The summed E-state index contributed by atoms with van der Waals surface area (Å²) in [7, 11) is 0. The molecule has 0 aliphatic heterocycles. The van der Waals surface area contributed by atoms with E-state index in [0.29, 0.717) is 61.3 Å². The number of benzene rings is 2. The number of amides is 3. The van der Waals surface area contributed by atoms with Crippen LogP contribution in [0.2, 0.25) is 0 Å². The van der Waals surface area contributed by atoms with E-state index < -0.39 is 6.09 Å². The van der Waals surface area contributed by atoms with E-state index in [-0.39, 0.29) is 12.6 Å². The van der Waals surface area contributed by atoms with E-state index in [2.05, 4.69) is 31.2 Å². The number of rotatable bonds is 12. The van der Waals surface area contributed by atoms with Crippen LogP contribution >= 0.6 is 0 Å². The maximum Gasteiger partial charge on any atom is 0.407 e. The van der Waals surface area contributed by atoms with Crippen molar-refractivity contribution in [2.45, 2.75) is 26.5 Å². The Morgan fingerprint density at radius 3 is 2.56 bits per heavy atom. The number of nitrogens with one attached hydrogen (secondary N) is 4. The average Bonchev–Trinajstić information content (AvgIpc) is 2.87. The number of hydrogen-bond donors (Lipinski definition) is 6. The molecule has 0 aliphatic rings. The number of aliphatic hydroxyl groups excluding tert-OH is 1. The van der Waals surface area contributed by atoms with Gasteiger partial charge in [-0.25, -0.2) is 14.6 Å². The van der Waals surface area contributed by atoms with Gasteiger partial charge in [-0.05, 0) is 37.1 Å². The highest BCUT2D eigenvalue weighted by molar-refractivity contribution is 5.89. The predicted octanol–water partition coefficient (Wildman–Crippen LogP) is 3.84. The minimum Gasteiger partial charge on any atom is -0.465 e. The maximum absolute atomic E-state index is 11.8. The zero-order valence-corrected chi connectivity index (χ0v) is 20.1. The van der Waals surface area contributed by atoms with Crippen LogP contribution in [0.25, 0.3) is 0 Å². The Morgan fingerprint density at radius 2 is 1.83 bits per heavy atom. The van der Waals surface area contributed by atoms with E-state index in [1.807, 2.05) is 43.3 Å². The van der Waals surface area contributed by atoms with Crippen LogP contribution in [-0.4, -0.2) is 56.8 Å². The molecule has 0 saturated heterocycles. The molecule has 0 saturated carbocycles. The Morgan fingerprint density at radius 1 is 1.06 bits per heavy atom. The molecule has 0 unspecified atom stereocenters. The van der Waals surface area contributed by atoms with E-state index in [4.69, 9.17) is 0 Å². The normalized spacial score (nSPS) is 10.4. The van der Waals surface area contributed by atoms with Gasteiger partial charge < -0.3 is 36.4 Å². The van der Waals surface area contributed by atoms with Gasteiger partial charge in [0.1, 0.15) is 5.82 Å². The van der Waals surface area contributed by atoms with Crippen molar-refractivity contribution in [3.63, 3.8) is 0 Å². The van der Waals surface area contributed by atoms with Crippen molar-refractivity contribution < 1.29 is 19.8 Å². The van der Waals surface area contributed by atoms with Gasteiger partial charge in [-0.2, -0.15) is 4.98 Å². The van der Waals surface area contributed by atoms with E-state index in [1.165, 1.54) is 11.1 Å². The average molecular weight is 494 g/mol. The second-order valence-corrected chi connectivity index (χ2v) is 7.89. The molecular weight excluding hydrogens is 462 g/mol. The van der Waals surface area contributed by atoms with E-state index in [1.54, 1.807) is 18.2 Å². The molecule has 11 heteroatoms. The lowest BCUT2D eigenvalue weighted by atomic mass is 10.2.